The molecule has 350 valence electrons. The third-order valence-electron chi connectivity index (χ3n) is 16.1. The summed E-state index contributed by atoms with van der Waals surface area (Å²) in [6.45, 7) is 24.9. The van der Waals surface area contributed by atoms with Crippen molar-refractivity contribution in [3.05, 3.63) is 187 Å². The molecular weight excluding hydrogens is 896 g/mol. The number of fused-ring (bicyclic) bond motifs is 7. The topological polar surface area (TPSA) is 9.72 Å². The number of rotatable bonds is 7. The summed E-state index contributed by atoms with van der Waals surface area (Å²) in [6.07, 6.45) is 5.66. The Morgan fingerprint density at radius 1 is 0.600 bits per heavy atom. The molecule has 75 heavy (non-hydrogen) atoms. The second kappa shape index (κ2) is 18.2. The van der Waals surface area contributed by atoms with E-state index in [2.05, 4.69) is 207 Å². The second-order valence-electron chi connectivity index (χ2n) is 24.4. The Kier molecular flexibility index (Phi) is 12.7. The minimum Gasteiger partial charge on any atom is -0.340 e. The molecule has 0 saturated heterocycles. The number of hydrogen-bond acceptors (Lipinski definition) is 3. The van der Waals surface area contributed by atoms with Crippen LogP contribution >= 0.6 is 0 Å². The zero-order valence-corrected chi connectivity index (χ0v) is 45.4. The third-order valence-corrected chi connectivity index (χ3v) is 16.1. The van der Waals surface area contributed by atoms with Crippen LogP contribution in [0.25, 0.3) is 11.1 Å². The number of anilines is 7. The first kappa shape index (κ1) is 52.3. The molecule has 6 aromatic rings. The van der Waals surface area contributed by atoms with Crippen molar-refractivity contribution in [2.24, 2.45) is 0 Å². The van der Waals surface area contributed by atoms with Crippen molar-refractivity contribution in [1.82, 2.24) is 0 Å². The maximum Gasteiger partial charge on any atom is 0.252 e. The van der Waals surface area contributed by atoms with Crippen LogP contribution in [0.5, 0.6) is 0 Å². The maximum atomic E-state index is 6.90. The van der Waals surface area contributed by atoms with Crippen LogP contribution < -0.4 is 31.1 Å². The van der Waals surface area contributed by atoms with Gasteiger partial charge in [-0.1, -0.05) is 165 Å². The summed E-state index contributed by atoms with van der Waals surface area (Å²) >= 11 is 0. The van der Waals surface area contributed by atoms with Crippen LogP contribution in [0.4, 0.5) is 39.8 Å². The van der Waals surface area contributed by atoms with E-state index in [1.165, 1.54) is 49.9 Å². The van der Waals surface area contributed by atoms with Crippen molar-refractivity contribution < 1.29 is 0 Å². The maximum absolute atomic E-state index is 6.90. The summed E-state index contributed by atoms with van der Waals surface area (Å²) in [5.41, 5.74) is 20.1. The van der Waals surface area contributed by atoms with Gasteiger partial charge in [-0.15, -0.1) is 28.3 Å². The molecule has 2 heterocycles. The van der Waals surface area contributed by atoms with Gasteiger partial charge < -0.3 is 14.7 Å². The van der Waals surface area contributed by atoms with Gasteiger partial charge in [-0.3, -0.25) is 0 Å². The van der Waals surface area contributed by atoms with Crippen molar-refractivity contribution in [2.45, 2.75) is 104 Å². The molecule has 3 nitrogen and oxygen atoms in total. The average molecular weight is 952 g/mol. The molecule has 6 aromatic carbocycles. The molecular formula is C63H56B9N3. The van der Waals surface area contributed by atoms with Gasteiger partial charge in [0.05, 0.1) is 7.85 Å². The van der Waals surface area contributed by atoms with Crippen molar-refractivity contribution in [2.75, 3.05) is 21.2 Å². The predicted octanol–water partition coefficient (Wildman–Crippen LogP) is 10.4. The van der Waals surface area contributed by atoms with Crippen LogP contribution in [-0.4, -0.2) is 76.0 Å². The molecule has 12 heteroatoms. The molecule has 0 bridgehead atoms. The Morgan fingerprint density at radius 2 is 1.19 bits per heavy atom. The summed E-state index contributed by atoms with van der Waals surface area (Å²) in [5.74, 6) is 1.55. The summed E-state index contributed by atoms with van der Waals surface area (Å²) in [7, 11) is 53.0. The van der Waals surface area contributed by atoms with Gasteiger partial charge in [-0.25, -0.2) is 0 Å². The van der Waals surface area contributed by atoms with Crippen LogP contribution in [0.2, 0.25) is 5.82 Å². The van der Waals surface area contributed by atoms with Gasteiger partial charge in [0, 0.05) is 57.5 Å². The zero-order valence-electron chi connectivity index (χ0n) is 45.4. The van der Waals surface area contributed by atoms with Gasteiger partial charge in [0.1, 0.15) is 54.9 Å². The summed E-state index contributed by atoms with van der Waals surface area (Å²) < 4.78 is 0. The number of nitrogens with zero attached hydrogens (tertiary/aromatic N) is 3. The Labute approximate surface area is 458 Å². The van der Waals surface area contributed by atoms with Gasteiger partial charge in [0.15, 0.2) is 0 Å². The van der Waals surface area contributed by atoms with E-state index in [1.54, 1.807) is 0 Å². The normalized spacial score (nSPS) is 17.1. The average Bonchev–Trinajstić information content (AvgIpc) is 3.74. The Balaban J connectivity index is 1.31. The number of terminal acetylenes is 1. The Hall–Kier alpha value is -6.18. The first-order valence-corrected chi connectivity index (χ1v) is 25.8. The standard InChI is InChI=1S/C63H56B9N3/c1-13-44(64)52(66)53(67)45(65)33-73(59-56(70)54(68)55(69)57(59)71)38-24-26-46-49(32-38)75(39-23-25-41-40-16-14-15-17-42(40)63(11,12)43(41)31-39)51-30-36(62(8,9)10)29-50-58(51)72(46)47-28-35(61(5,6)7)20-27-48(47)74(50)37-21-18-34(19-22-37)60(2,3)4/h1,14-32,54H,33H2,2-12H3/b52-44-,53-45-. The van der Waals surface area contributed by atoms with E-state index in [0.717, 1.165) is 39.6 Å². The van der Waals surface area contributed by atoms with Crippen LogP contribution in [0.15, 0.2) is 159 Å². The molecule has 2 aliphatic carbocycles. The zero-order chi connectivity index (χ0) is 54.2. The second-order valence-corrected chi connectivity index (χ2v) is 24.4. The Bertz CT molecular complexity index is 3570. The molecule has 10 rings (SSSR count). The minimum absolute atomic E-state index is 0.00630. The fourth-order valence-corrected chi connectivity index (χ4v) is 11.6. The van der Waals surface area contributed by atoms with Crippen LogP contribution in [0, 0.1) is 12.3 Å². The van der Waals surface area contributed by atoms with Crippen molar-refractivity contribution in [3.8, 4) is 23.5 Å². The highest BCUT2D eigenvalue weighted by molar-refractivity contribution is 7.00. The van der Waals surface area contributed by atoms with E-state index in [9.17, 15) is 0 Å². The van der Waals surface area contributed by atoms with E-state index in [0.29, 0.717) is 11.4 Å². The minimum atomic E-state index is -0.829. The first-order valence-electron chi connectivity index (χ1n) is 25.8. The molecule has 0 spiro atoms. The SMILES string of the molecule is [B]C1=C([B])C([B])C([B])=C1N(C/C([B])=C([B])\C([B])=C(\[B])C#C)c1ccc2c(c1)N(c1ccc3c(c1)C(C)(C)c1ccccc1-3)c1cc(C(C)(C)C)cc3c1B2c1cc(C(C)(C)C)ccc1N3c1ccc(C(C)(C)C)cc1. The molecule has 4 aliphatic rings. The summed E-state index contributed by atoms with van der Waals surface area (Å²) in [5, 5.41) is 0. The van der Waals surface area contributed by atoms with E-state index < -0.39 is 5.82 Å². The molecule has 16 radical (unpaired) electrons. The van der Waals surface area contributed by atoms with E-state index in [4.69, 9.17) is 69.2 Å². The van der Waals surface area contributed by atoms with Gasteiger partial charge in [-0.2, -0.15) is 0 Å². The van der Waals surface area contributed by atoms with Gasteiger partial charge >= 0.3 is 0 Å². The number of hydrogen-bond donors (Lipinski definition) is 0. The predicted molar refractivity (Wildman–Crippen MR) is 328 cm³/mol. The van der Waals surface area contributed by atoms with Crippen molar-refractivity contribution in [3.63, 3.8) is 0 Å². The quantitative estimate of drug-likeness (QED) is 0.0896. The smallest absolute Gasteiger partial charge is 0.252 e. The van der Waals surface area contributed by atoms with Gasteiger partial charge in [0.2, 0.25) is 0 Å². The molecule has 0 amide bonds. The lowest BCUT2D eigenvalue weighted by molar-refractivity contribution is 0.589. The van der Waals surface area contributed by atoms with E-state index in [1.807, 2.05) is 4.90 Å². The molecule has 0 aromatic heterocycles. The molecule has 1 unspecified atom stereocenters. The van der Waals surface area contributed by atoms with E-state index in [-0.39, 0.29) is 73.2 Å². The highest BCUT2D eigenvalue weighted by atomic mass is 15.2. The number of benzene rings is 6. The lowest BCUT2D eigenvalue weighted by Crippen LogP contribution is -2.61. The first-order chi connectivity index (χ1) is 35.1. The molecule has 1 atom stereocenters. The van der Waals surface area contributed by atoms with Gasteiger partial charge in [-0.05, 0) is 126 Å². The fourth-order valence-electron chi connectivity index (χ4n) is 11.6. The molecule has 0 saturated carbocycles. The molecule has 0 fully saturated rings. The fraction of sp³-hybridized carbons (Fsp3) is 0.270. The Morgan fingerprint density at radius 3 is 1.79 bits per heavy atom. The summed E-state index contributed by atoms with van der Waals surface area (Å²) in [6, 6.07) is 43.3. The number of allylic oxidation sites excluding steroid dienone is 6. The van der Waals surface area contributed by atoms with Crippen molar-refractivity contribution in [1.29, 1.82) is 0 Å². The van der Waals surface area contributed by atoms with Gasteiger partial charge in [0.25, 0.3) is 6.71 Å². The lowest BCUT2D eigenvalue weighted by atomic mass is 9.33. The monoisotopic (exact) mass is 954 g/mol. The third kappa shape index (κ3) is 8.51. The van der Waals surface area contributed by atoms with Crippen LogP contribution in [0.1, 0.15) is 104 Å². The largest absolute Gasteiger partial charge is 0.340 e. The van der Waals surface area contributed by atoms with Crippen molar-refractivity contribution >= 4 is 126 Å². The van der Waals surface area contributed by atoms with Crippen LogP contribution in [0.3, 0.4) is 0 Å². The highest BCUT2D eigenvalue weighted by Crippen LogP contribution is 2.53. The van der Waals surface area contributed by atoms with E-state index >= 15 is 0 Å². The van der Waals surface area contributed by atoms with Crippen LogP contribution in [-0.2, 0) is 21.7 Å². The molecule has 2 aliphatic heterocycles. The lowest BCUT2D eigenvalue weighted by Gasteiger charge is -2.46. The summed E-state index contributed by atoms with van der Waals surface area (Å²) in [4.78, 5) is 6.86. The highest BCUT2D eigenvalue weighted by Gasteiger charge is 2.46. The molecule has 0 N–H and O–H groups in total.